The van der Waals surface area contributed by atoms with Gasteiger partial charge in [-0.2, -0.15) is 5.26 Å². The van der Waals surface area contributed by atoms with Gasteiger partial charge in [0, 0.05) is 6.54 Å². The summed E-state index contributed by atoms with van der Waals surface area (Å²) in [5, 5.41) is 10.3. The molecule has 0 amide bonds. The zero-order valence-corrected chi connectivity index (χ0v) is 8.91. The molecular formula is C10H16N2O2. The van der Waals surface area contributed by atoms with Gasteiger partial charge in [0.25, 0.3) is 0 Å². The highest BCUT2D eigenvalue weighted by atomic mass is 16.7. The van der Waals surface area contributed by atoms with Gasteiger partial charge in [-0.05, 0) is 33.6 Å². The number of nitrogens with zero attached hydrogens (tertiary/aromatic N) is 2. The molecule has 4 heteroatoms. The van der Waals surface area contributed by atoms with E-state index in [0.29, 0.717) is 6.54 Å². The second-order valence-electron chi connectivity index (χ2n) is 4.56. The van der Waals surface area contributed by atoms with Crippen molar-refractivity contribution in [3.05, 3.63) is 0 Å². The SMILES string of the molecule is CC(C)(C)C(=O)ON1CCCC1C#N. The van der Waals surface area contributed by atoms with Crippen molar-refractivity contribution in [3.8, 4) is 6.07 Å². The van der Waals surface area contributed by atoms with Crippen LogP contribution in [0.25, 0.3) is 0 Å². The Bertz CT molecular complexity index is 262. The van der Waals surface area contributed by atoms with Gasteiger partial charge >= 0.3 is 5.97 Å². The first kappa shape index (κ1) is 11.0. The van der Waals surface area contributed by atoms with Crippen LogP contribution in [-0.4, -0.2) is 23.6 Å². The normalized spacial score (nSPS) is 23.1. The van der Waals surface area contributed by atoms with Crippen molar-refractivity contribution in [2.45, 2.75) is 39.7 Å². The van der Waals surface area contributed by atoms with Crippen LogP contribution in [0, 0.1) is 16.7 Å². The van der Waals surface area contributed by atoms with Crippen LogP contribution in [0.5, 0.6) is 0 Å². The molecule has 0 spiro atoms. The summed E-state index contributed by atoms with van der Waals surface area (Å²) in [6.07, 6.45) is 1.70. The van der Waals surface area contributed by atoms with Crippen LogP contribution >= 0.6 is 0 Å². The molecule has 0 aromatic heterocycles. The molecule has 1 saturated heterocycles. The Balaban J connectivity index is 2.53. The zero-order chi connectivity index (χ0) is 10.8. The fraction of sp³-hybridized carbons (Fsp3) is 0.800. The van der Waals surface area contributed by atoms with E-state index < -0.39 is 5.41 Å². The molecule has 0 aromatic rings. The summed E-state index contributed by atoms with van der Waals surface area (Å²) in [4.78, 5) is 16.7. The highest BCUT2D eigenvalue weighted by Gasteiger charge is 2.32. The second-order valence-corrected chi connectivity index (χ2v) is 4.56. The summed E-state index contributed by atoms with van der Waals surface area (Å²) >= 11 is 0. The molecule has 14 heavy (non-hydrogen) atoms. The molecule has 0 bridgehead atoms. The number of rotatable bonds is 1. The summed E-state index contributed by atoms with van der Waals surface area (Å²) in [6.45, 7) is 6.06. The van der Waals surface area contributed by atoms with E-state index in [1.807, 2.05) is 0 Å². The Labute approximate surface area is 84.4 Å². The first-order valence-electron chi connectivity index (χ1n) is 4.84. The van der Waals surface area contributed by atoms with Crippen molar-refractivity contribution in [2.75, 3.05) is 6.54 Å². The summed E-state index contributed by atoms with van der Waals surface area (Å²) in [5.41, 5.74) is -0.511. The molecule has 1 heterocycles. The molecule has 0 radical (unpaired) electrons. The minimum atomic E-state index is -0.511. The summed E-state index contributed by atoms with van der Waals surface area (Å²) in [5.74, 6) is -0.278. The molecule has 1 atom stereocenters. The molecule has 1 fully saturated rings. The van der Waals surface area contributed by atoms with Gasteiger partial charge in [-0.15, -0.1) is 5.06 Å². The van der Waals surface area contributed by atoms with E-state index in [2.05, 4.69) is 6.07 Å². The van der Waals surface area contributed by atoms with Crippen LogP contribution < -0.4 is 0 Å². The van der Waals surface area contributed by atoms with E-state index in [1.54, 1.807) is 20.8 Å². The Kier molecular flexibility index (Phi) is 3.12. The van der Waals surface area contributed by atoms with Crippen molar-refractivity contribution in [1.82, 2.24) is 5.06 Å². The molecule has 4 nitrogen and oxygen atoms in total. The van der Waals surface area contributed by atoms with E-state index >= 15 is 0 Å². The minimum absolute atomic E-state index is 0.263. The Morgan fingerprint density at radius 2 is 2.21 bits per heavy atom. The fourth-order valence-electron chi connectivity index (χ4n) is 1.22. The van der Waals surface area contributed by atoms with Gasteiger partial charge in [0.15, 0.2) is 0 Å². The van der Waals surface area contributed by atoms with Crippen LogP contribution in [0.2, 0.25) is 0 Å². The number of nitriles is 1. The Morgan fingerprint density at radius 3 is 2.71 bits per heavy atom. The summed E-state index contributed by atoms with van der Waals surface area (Å²) < 4.78 is 0. The monoisotopic (exact) mass is 196 g/mol. The maximum Gasteiger partial charge on any atom is 0.330 e. The van der Waals surface area contributed by atoms with Gasteiger partial charge in [-0.25, -0.2) is 4.79 Å². The maximum atomic E-state index is 11.5. The van der Waals surface area contributed by atoms with Crippen molar-refractivity contribution >= 4 is 5.97 Å². The van der Waals surface area contributed by atoms with Gasteiger partial charge in [-0.1, -0.05) is 0 Å². The average Bonchev–Trinajstić information content (AvgIpc) is 2.50. The molecule has 1 unspecified atom stereocenters. The van der Waals surface area contributed by atoms with E-state index in [1.165, 1.54) is 5.06 Å². The molecule has 1 aliphatic rings. The molecule has 0 saturated carbocycles. The highest BCUT2D eigenvalue weighted by molar-refractivity contribution is 5.75. The quantitative estimate of drug-likeness (QED) is 0.637. The minimum Gasteiger partial charge on any atom is -0.366 e. The molecular weight excluding hydrogens is 180 g/mol. The number of hydroxylamine groups is 2. The standard InChI is InChI=1S/C10H16N2O2/c1-10(2,3)9(13)14-12-6-4-5-8(12)7-11/h8H,4-6H2,1-3H3. The number of carbonyl (C=O) groups is 1. The molecule has 0 aromatic carbocycles. The van der Waals surface area contributed by atoms with Crippen LogP contribution in [0.3, 0.4) is 0 Å². The predicted octanol–water partition coefficient (Wildman–Crippen LogP) is 1.48. The highest BCUT2D eigenvalue weighted by Crippen LogP contribution is 2.21. The topological polar surface area (TPSA) is 53.3 Å². The van der Waals surface area contributed by atoms with E-state index in [-0.39, 0.29) is 12.0 Å². The third-order valence-electron chi connectivity index (χ3n) is 2.17. The van der Waals surface area contributed by atoms with Crippen LogP contribution in [0.4, 0.5) is 0 Å². The lowest BCUT2D eigenvalue weighted by molar-refractivity contribution is -0.200. The summed E-state index contributed by atoms with van der Waals surface area (Å²) in [7, 11) is 0. The predicted molar refractivity (Wildman–Crippen MR) is 50.9 cm³/mol. The number of carbonyl (C=O) groups excluding carboxylic acids is 1. The lowest BCUT2D eigenvalue weighted by atomic mass is 9.98. The van der Waals surface area contributed by atoms with E-state index in [9.17, 15) is 4.79 Å². The van der Waals surface area contributed by atoms with Crippen molar-refractivity contribution in [1.29, 1.82) is 5.26 Å². The maximum absolute atomic E-state index is 11.5. The van der Waals surface area contributed by atoms with Crippen molar-refractivity contribution < 1.29 is 9.63 Å². The van der Waals surface area contributed by atoms with Gasteiger partial charge in [0.05, 0.1) is 11.5 Å². The Morgan fingerprint density at radius 1 is 1.57 bits per heavy atom. The third-order valence-corrected chi connectivity index (χ3v) is 2.17. The number of hydrogen-bond donors (Lipinski definition) is 0. The fourth-order valence-corrected chi connectivity index (χ4v) is 1.22. The molecule has 1 aliphatic heterocycles. The number of hydrogen-bond acceptors (Lipinski definition) is 4. The van der Waals surface area contributed by atoms with Crippen molar-refractivity contribution in [2.24, 2.45) is 5.41 Å². The van der Waals surface area contributed by atoms with Gasteiger partial charge in [-0.3, -0.25) is 0 Å². The van der Waals surface area contributed by atoms with E-state index in [4.69, 9.17) is 10.1 Å². The van der Waals surface area contributed by atoms with Crippen LogP contribution in [0.15, 0.2) is 0 Å². The first-order valence-corrected chi connectivity index (χ1v) is 4.84. The van der Waals surface area contributed by atoms with Gasteiger partial charge < -0.3 is 4.84 Å². The molecule has 0 aliphatic carbocycles. The lowest BCUT2D eigenvalue weighted by Crippen LogP contribution is -2.35. The lowest BCUT2D eigenvalue weighted by Gasteiger charge is -2.23. The average molecular weight is 196 g/mol. The largest absolute Gasteiger partial charge is 0.366 e. The first-order chi connectivity index (χ1) is 6.45. The molecule has 1 rings (SSSR count). The van der Waals surface area contributed by atoms with Gasteiger partial charge in [0.2, 0.25) is 0 Å². The molecule has 0 N–H and O–H groups in total. The smallest absolute Gasteiger partial charge is 0.330 e. The second kappa shape index (κ2) is 3.97. The van der Waals surface area contributed by atoms with Gasteiger partial charge in [0.1, 0.15) is 6.04 Å². The molecule has 78 valence electrons. The summed E-state index contributed by atoms with van der Waals surface area (Å²) in [6, 6.07) is 1.86. The Hall–Kier alpha value is -1.08. The third kappa shape index (κ3) is 2.46. The van der Waals surface area contributed by atoms with Crippen molar-refractivity contribution in [3.63, 3.8) is 0 Å². The van der Waals surface area contributed by atoms with E-state index in [0.717, 1.165) is 12.8 Å². The van der Waals surface area contributed by atoms with Crippen LogP contribution in [-0.2, 0) is 9.63 Å². The van der Waals surface area contributed by atoms with Crippen LogP contribution in [0.1, 0.15) is 33.6 Å². The zero-order valence-electron chi connectivity index (χ0n) is 8.91.